The third-order valence-electron chi connectivity index (χ3n) is 4.72. The molecule has 0 radical (unpaired) electrons. The van der Waals surface area contributed by atoms with E-state index in [0.29, 0.717) is 24.8 Å². The highest BCUT2D eigenvalue weighted by Crippen LogP contribution is 2.36. The van der Waals surface area contributed by atoms with E-state index in [1.165, 1.54) is 0 Å². The largest absolute Gasteiger partial charge is 0.459 e. The maximum atomic E-state index is 12.6. The molecule has 1 aliphatic heterocycles. The fraction of sp³-hybridized carbons (Fsp3) is 0.500. The molecule has 1 saturated carbocycles. The van der Waals surface area contributed by atoms with E-state index >= 15 is 0 Å². The average molecular weight is 301 g/mol. The normalized spacial score (nSPS) is 27.8. The summed E-state index contributed by atoms with van der Waals surface area (Å²) in [4.78, 5) is 18.6. The van der Waals surface area contributed by atoms with Crippen LogP contribution >= 0.6 is 0 Å². The molecule has 6 nitrogen and oxygen atoms in total. The lowest BCUT2D eigenvalue weighted by atomic mass is 10.0. The Morgan fingerprint density at radius 3 is 3.14 bits per heavy atom. The third kappa shape index (κ3) is 2.33. The van der Waals surface area contributed by atoms with Gasteiger partial charge in [-0.3, -0.25) is 4.79 Å². The molecule has 1 saturated heterocycles. The van der Waals surface area contributed by atoms with E-state index in [2.05, 4.69) is 9.55 Å². The van der Waals surface area contributed by atoms with Crippen molar-refractivity contribution in [3.05, 3.63) is 42.9 Å². The number of amides is 1. The van der Waals surface area contributed by atoms with E-state index in [-0.39, 0.29) is 18.1 Å². The molecule has 0 unspecified atom stereocenters. The summed E-state index contributed by atoms with van der Waals surface area (Å²) in [5.41, 5.74) is 0. The molecule has 0 N–H and O–H groups in total. The minimum absolute atomic E-state index is 0.0217. The standard InChI is InChI=1S/C16H19N3O3/c20-16(14-2-1-8-21-14)19-7-9-22-15-12(3-4-13(15)19)10-18-6-5-17-11-18/h1-2,5-6,8,11-13,15H,3-4,7,9-10H2/t12-,13-,15+/m0/s1. The van der Waals surface area contributed by atoms with Crippen molar-refractivity contribution >= 4 is 5.91 Å². The predicted octanol–water partition coefficient (Wildman–Crippen LogP) is 1.80. The number of hydrogen-bond donors (Lipinski definition) is 0. The van der Waals surface area contributed by atoms with Crippen LogP contribution < -0.4 is 0 Å². The van der Waals surface area contributed by atoms with Gasteiger partial charge in [-0.1, -0.05) is 0 Å². The second-order valence-corrected chi connectivity index (χ2v) is 5.98. The molecule has 0 bridgehead atoms. The van der Waals surface area contributed by atoms with Crippen molar-refractivity contribution in [3.8, 4) is 0 Å². The first kappa shape index (κ1) is 13.6. The van der Waals surface area contributed by atoms with Gasteiger partial charge in [-0.25, -0.2) is 4.98 Å². The number of ether oxygens (including phenoxy) is 1. The topological polar surface area (TPSA) is 60.5 Å². The molecule has 2 aromatic heterocycles. The van der Waals surface area contributed by atoms with Crippen LogP contribution in [-0.4, -0.2) is 45.7 Å². The van der Waals surface area contributed by atoms with Crippen LogP contribution in [0.3, 0.4) is 0 Å². The van der Waals surface area contributed by atoms with E-state index in [0.717, 1.165) is 19.4 Å². The number of fused-ring (bicyclic) bond motifs is 1. The van der Waals surface area contributed by atoms with Crippen LogP contribution in [-0.2, 0) is 11.3 Å². The van der Waals surface area contributed by atoms with Crippen LogP contribution in [0.15, 0.2) is 41.5 Å². The maximum absolute atomic E-state index is 12.6. The molecule has 22 heavy (non-hydrogen) atoms. The minimum Gasteiger partial charge on any atom is -0.459 e. The van der Waals surface area contributed by atoms with Gasteiger partial charge in [0.2, 0.25) is 0 Å². The van der Waals surface area contributed by atoms with E-state index in [4.69, 9.17) is 9.15 Å². The Kier molecular flexibility index (Phi) is 3.46. The fourth-order valence-corrected chi connectivity index (χ4v) is 3.72. The van der Waals surface area contributed by atoms with Crippen molar-refractivity contribution in [2.75, 3.05) is 13.2 Å². The fourth-order valence-electron chi connectivity index (χ4n) is 3.72. The first-order chi connectivity index (χ1) is 10.8. The monoisotopic (exact) mass is 301 g/mol. The van der Waals surface area contributed by atoms with Crippen molar-refractivity contribution < 1.29 is 13.9 Å². The number of hydrogen-bond acceptors (Lipinski definition) is 4. The molecule has 2 aliphatic rings. The zero-order valence-corrected chi connectivity index (χ0v) is 12.3. The van der Waals surface area contributed by atoms with Gasteiger partial charge in [-0.2, -0.15) is 0 Å². The minimum atomic E-state index is -0.0217. The van der Waals surface area contributed by atoms with Crippen molar-refractivity contribution in [2.24, 2.45) is 5.92 Å². The lowest BCUT2D eigenvalue weighted by Gasteiger charge is -2.39. The Balaban J connectivity index is 1.50. The van der Waals surface area contributed by atoms with Crippen LogP contribution in [0.5, 0.6) is 0 Å². The summed E-state index contributed by atoms with van der Waals surface area (Å²) in [5, 5.41) is 0. The Morgan fingerprint density at radius 1 is 1.41 bits per heavy atom. The smallest absolute Gasteiger partial charge is 0.289 e. The lowest BCUT2D eigenvalue weighted by molar-refractivity contribution is -0.0651. The maximum Gasteiger partial charge on any atom is 0.289 e. The van der Waals surface area contributed by atoms with E-state index in [1.807, 2.05) is 17.4 Å². The van der Waals surface area contributed by atoms with Crippen LogP contribution in [0, 0.1) is 5.92 Å². The Bertz CT molecular complexity index is 623. The van der Waals surface area contributed by atoms with Crippen molar-refractivity contribution in [1.82, 2.24) is 14.5 Å². The van der Waals surface area contributed by atoms with E-state index < -0.39 is 0 Å². The molecule has 1 amide bonds. The predicted molar refractivity (Wildman–Crippen MR) is 78.2 cm³/mol. The molecule has 2 fully saturated rings. The number of rotatable bonds is 3. The molecule has 3 heterocycles. The average Bonchev–Trinajstić information content (AvgIpc) is 3.29. The number of aromatic nitrogens is 2. The van der Waals surface area contributed by atoms with Gasteiger partial charge in [0.25, 0.3) is 5.91 Å². The van der Waals surface area contributed by atoms with Gasteiger partial charge in [0.15, 0.2) is 5.76 Å². The number of nitrogens with zero attached hydrogens (tertiary/aromatic N) is 3. The van der Waals surface area contributed by atoms with Crippen LogP contribution in [0.4, 0.5) is 0 Å². The summed E-state index contributed by atoms with van der Waals surface area (Å²) in [7, 11) is 0. The number of imidazole rings is 1. The zero-order chi connectivity index (χ0) is 14.9. The summed E-state index contributed by atoms with van der Waals surface area (Å²) < 4.78 is 13.4. The SMILES string of the molecule is O=C(c1ccco1)N1CCO[C@@H]2[C@H](Cn3ccnc3)CC[C@@H]21. The van der Waals surface area contributed by atoms with Crippen molar-refractivity contribution in [2.45, 2.75) is 31.5 Å². The number of morpholine rings is 1. The Hall–Kier alpha value is -2.08. The second-order valence-electron chi connectivity index (χ2n) is 5.98. The Labute approximate surface area is 128 Å². The first-order valence-corrected chi connectivity index (χ1v) is 7.75. The summed E-state index contributed by atoms with van der Waals surface area (Å²) in [5.74, 6) is 0.816. The molecular formula is C16H19N3O3. The van der Waals surface area contributed by atoms with Gasteiger partial charge >= 0.3 is 0 Å². The highest BCUT2D eigenvalue weighted by Gasteiger charge is 2.44. The lowest BCUT2D eigenvalue weighted by Crippen LogP contribution is -2.52. The molecule has 1 aliphatic carbocycles. The quantitative estimate of drug-likeness (QED) is 0.867. The number of furan rings is 1. The van der Waals surface area contributed by atoms with Gasteiger partial charge in [-0.05, 0) is 25.0 Å². The van der Waals surface area contributed by atoms with Crippen LogP contribution in [0.2, 0.25) is 0 Å². The Morgan fingerprint density at radius 2 is 2.36 bits per heavy atom. The second kappa shape index (κ2) is 5.61. The van der Waals surface area contributed by atoms with Gasteiger partial charge in [0, 0.05) is 31.4 Å². The van der Waals surface area contributed by atoms with E-state index in [9.17, 15) is 4.79 Å². The van der Waals surface area contributed by atoms with Crippen molar-refractivity contribution in [3.63, 3.8) is 0 Å². The molecule has 3 atom stereocenters. The van der Waals surface area contributed by atoms with E-state index in [1.54, 1.807) is 24.6 Å². The van der Waals surface area contributed by atoms with Gasteiger partial charge in [0.1, 0.15) is 0 Å². The molecular weight excluding hydrogens is 282 g/mol. The molecule has 2 aromatic rings. The molecule has 116 valence electrons. The van der Waals surface area contributed by atoms with Crippen LogP contribution in [0.1, 0.15) is 23.4 Å². The summed E-state index contributed by atoms with van der Waals surface area (Å²) in [6.07, 6.45) is 9.30. The highest BCUT2D eigenvalue weighted by atomic mass is 16.5. The van der Waals surface area contributed by atoms with Gasteiger partial charge < -0.3 is 18.6 Å². The highest BCUT2D eigenvalue weighted by molar-refractivity contribution is 5.91. The van der Waals surface area contributed by atoms with Gasteiger partial charge in [0.05, 0.1) is 31.3 Å². The first-order valence-electron chi connectivity index (χ1n) is 7.75. The molecule has 4 rings (SSSR count). The summed E-state index contributed by atoms with van der Waals surface area (Å²) in [6, 6.07) is 3.63. The summed E-state index contributed by atoms with van der Waals surface area (Å²) in [6.45, 7) is 2.12. The molecule has 6 heteroatoms. The number of carbonyl (C=O) groups excluding carboxylic acids is 1. The zero-order valence-electron chi connectivity index (χ0n) is 12.3. The molecule has 0 spiro atoms. The van der Waals surface area contributed by atoms with Crippen molar-refractivity contribution in [1.29, 1.82) is 0 Å². The third-order valence-corrected chi connectivity index (χ3v) is 4.72. The van der Waals surface area contributed by atoms with Gasteiger partial charge in [-0.15, -0.1) is 0 Å². The van der Waals surface area contributed by atoms with Crippen LogP contribution in [0.25, 0.3) is 0 Å². The number of carbonyl (C=O) groups is 1. The molecule has 0 aromatic carbocycles. The summed E-state index contributed by atoms with van der Waals surface area (Å²) >= 11 is 0.